The van der Waals surface area contributed by atoms with E-state index < -0.39 is 0 Å². The average molecular weight is 141 g/mol. The van der Waals surface area contributed by atoms with Gasteiger partial charge >= 0.3 is 0 Å². The van der Waals surface area contributed by atoms with Crippen LogP contribution < -0.4 is 0 Å². The molecule has 1 heterocycles. The molecule has 0 bridgehead atoms. The summed E-state index contributed by atoms with van der Waals surface area (Å²) in [6, 6.07) is 0. The Morgan fingerprint density at radius 3 is 1.80 bits per heavy atom. The summed E-state index contributed by atoms with van der Waals surface area (Å²) in [6.45, 7) is 10.4. The monoisotopic (exact) mass is 141 g/mol. The molecule has 2 heteroatoms. The molecule has 0 saturated carbocycles. The van der Waals surface area contributed by atoms with Crippen LogP contribution in [0.1, 0.15) is 34.6 Å². The van der Waals surface area contributed by atoms with E-state index in [9.17, 15) is 0 Å². The van der Waals surface area contributed by atoms with Crippen molar-refractivity contribution >= 4 is 5.71 Å². The molecule has 0 amide bonds. The zero-order valence-corrected chi connectivity index (χ0v) is 7.36. The summed E-state index contributed by atoms with van der Waals surface area (Å²) in [6.07, 6.45) is 0. The normalized spacial score (nSPS) is 27.5. The van der Waals surface area contributed by atoms with E-state index in [0.29, 0.717) is 0 Å². The molecule has 0 fully saturated rings. The van der Waals surface area contributed by atoms with Gasteiger partial charge in [-0.3, -0.25) is 0 Å². The molecule has 1 rings (SSSR count). The van der Waals surface area contributed by atoms with Crippen LogP contribution in [0, 0.1) is 5.41 Å². The third-order valence-corrected chi connectivity index (χ3v) is 2.82. The van der Waals surface area contributed by atoms with Gasteiger partial charge in [-0.25, -0.2) is 0 Å². The van der Waals surface area contributed by atoms with Gasteiger partial charge in [0.25, 0.3) is 0 Å². The van der Waals surface area contributed by atoms with Gasteiger partial charge in [0, 0.05) is 5.41 Å². The Bertz CT molecular complexity index is 180. The minimum Gasteiger partial charge on any atom is -0.389 e. The van der Waals surface area contributed by atoms with Crippen molar-refractivity contribution in [3.63, 3.8) is 0 Å². The van der Waals surface area contributed by atoms with Crippen LogP contribution in [0.15, 0.2) is 5.16 Å². The van der Waals surface area contributed by atoms with E-state index in [2.05, 4.69) is 32.9 Å². The first-order chi connectivity index (χ1) is 4.38. The van der Waals surface area contributed by atoms with Gasteiger partial charge in [0.05, 0.1) is 5.71 Å². The summed E-state index contributed by atoms with van der Waals surface area (Å²) in [5.41, 5.74) is 1.02. The molecule has 0 atom stereocenters. The van der Waals surface area contributed by atoms with Crippen molar-refractivity contribution in [3.8, 4) is 0 Å². The highest BCUT2D eigenvalue weighted by Gasteiger charge is 2.46. The first-order valence-electron chi connectivity index (χ1n) is 3.61. The number of hydrogen-bond donors (Lipinski definition) is 0. The number of oxime groups is 1. The molecule has 0 N–H and O–H groups in total. The molecule has 2 nitrogen and oxygen atoms in total. The van der Waals surface area contributed by atoms with Gasteiger partial charge in [-0.2, -0.15) is 0 Å². The Kier molecular flexibility index (Phi) is 1.32. The number of rotatable bonds is 0. The van der Waals surface area contributed by atoms with Crippen molar-refractivity contribution in [2.45, 2.75) is 40.2 Å². The molecule has 0 aliphatic carbocycles. The summed E-state index contributed by atoms with van der Waals surface area (Å²) < 4.78 is 0. The molecule has 0 radical (unpaired) electrons. The zero-order chi connectivity index (χ0) is 7.99. The highest BCUT2D eigenvalue weighted by molar-refractivity contribution is 5.89. The van der Waals surface area contributed by atoms with Crippen molar-refractivity contribution in [3.05, 3.63) is 0 Å². The van der Waals surface area contributed by atoms with Crippen molar-refractivity contribution in [1.82, 2.24) is 0 Å². The van der Waals surface area contributed by atoms with E-state index in [1.165, 1.54) is 0 Å². The maximum atomic E-state index is 5.26. The van der Waals surface area contributed by atoms with Crippen molar-refractivity contribution in [1.29, 1.82) is 0 Å². The summed E-state index contributed by atoms with van der Waals surface area (Å²) >= 11 is 0. The zero-order valence-electron chi connectivity index (χ0n) is 7.36. The predicted molar refractivity (Wildman–Crippen MR) is 42.1 cm³/mol. The van der Waals surface area contributed by atoms with E-state index in [-0.39, 0.29) is 11.0 Å². The summed E-state index contributed by atoms with van der Waals surface area (Å²) in [5.74, 6) is 0. The fourth-order valence-corrected chi connectivity index (χ4v) is 0.846. The number of hydrogen-bond acceptors (Lipinski definition) is 2. The first-order valence-corrected chi connectivity index (χ1v) is 3.61. The molecule has 0 aromatic heterocycles. The maximum absolute atomic E-state index is 5.26. The summed E-state index contributed by atoms with van der Waals surface area (Å²) in [5, 5.41) is 3.96. The summed E-state index contributed by atoms with van der Waals surface area (Å²) in [7, 11) is 0. The van der Waals surface area contributed by atoms with E-state index >= 15 is 0 Å². The van der Waals surface area contributed by atoms with Gasteiger partial charge in [0.15, 0.2) is 0 Å². The largest absolute Gasteiger partial charge is 0.389 e. The van der Waals surface area contributed by atoms with Gasteiger partial charge < -0.3 is 4.84 Å². The Hall–Kier alpha value is -0.530. The highest BCUT2D eigenvalue weighted by atomic mass is 16.7. The lowest BCUT2D eigenvalue weighted by Gasteiger charge is -2.31. The summed E-state index contributed by atoms with van der Waals surface area (Å²) in [4.78, 5) is 5.26. The van der Waals surface area contributed by atoms with Crippen LogP contribution >= 0.6 is 0 Å². The third-order valence-electron chi connectivity index (χ3n) is 2.82. The van der Waals surface area contributed by atoms with E-state index in [4.69, 9.17) is 4.84 Å². The second kappa shape index (κ2) is 1.74. The van der Waals surface area contributed by atoms with Crippen molar-refractivity contribution < 1.29 is 4.84 Å². The SMILES string of the molecule is CC1=NOC(C)(C)C1(C)C. The van der Waals surface area contributed by atoms with Crippen LogP contribution in [0.2, 0.25) is 0 Å². The molecule has 0 saturated heterocycles. The lowest BCUT2D eigenvalue weighted by molar-refractivity contribution is -0.0409. The Morgan fingerprint density at radius 2 is 1.70 bits per heavy atom. The number of nitrogens with zero attached hydrogens (tertiary/aromatic N) is 1. The van der Waals surface area contributed by atoms with Crippen molar-refractivity contribution in [2.75, 3.05) is 0 Å². The van der Waals surface area contributed by atoms with Gasteiger partial charge in [0.1, 0.15) is 5.60 Å². The van der Waals surface area contributed by atoms with Crippen LogP contribution in [0.4, 0.5) is 0 Å². The quantitative estimate of drug-likeness (QED) is 0.506. The van der Waals surface area contributed by atoms with Crippen LogP contribution in [0.3, 0.4) is 0 Å². The van der Waals surface area contributed by atoms with Crippen LogP contribution in [0.25, 0.3) is 0 Å². The van der Waals surface area contributed by atoms with Crippen molar-refractivity contribution in [2.24, 2.45) is 10.6 Å². The van der Waals surface area contributed by atoms with Gasteiger partial charge in [-0.1, -0.05) is 19.0 Å². The van der Waals surface area contributed by atoms with Gasteiger partial charge in [0.2, 0.25) is 0 Å². The Morgan fingerprint density at radius 1 is 1.20 bits per heavy atom. The van der Waals surface area contributed by atoms with E-state index in [1.54, 1.807) is 0 Å². The van der Waals surface area contributed by atoms with E-state index in [1.807, 2.05) is 6.92 Å². The van der Waals surface area contributed by atoms with Gasteiger partial charge in [-0.15, -0.1) is 0 Å². The Labute approximate surface area is 62.3 Å². The smallest absolute Gasteiger partial charge is 0.142 e. The fraction of sp³-hybridized carbons (Fsp3) is 0.875. The molecule has 0 unspecified atom stereocenters. The molecule has 0 aromatic rings. The average Bonchev–Trinajstić information content (AvgIpc) is 1.94. The predicted octanol–water partition coefficient (Wildman–Crippen LogP) is 2.20. The molecule has 1 aliphatic rings. The standard InChI is InChI=1S/C8H15NO/c1-6-7(2,3)8(4,5)10-9-6/h1-5H3. The minimum atomic E-state index is -0.142. The Balaban J connectivity index is 2.96. The second-order valence-corrected chi connectivity index (χ2v) is 3.90. The lowest BCUT2D eigenvalue weighted by Crippen LogP contribution is -2.39. The second-order valence-electron chi connectivity index (χ2n) is 3.90. The first kappa shape index (κ1) is 7.58. The van der Waals surface area contributed by atoms with Crippen LogP contribution in [-0.2, 0) is 4.84 Å². The van der Waals surface area contributed by atoms with Crippen LogP contribution in [-0.4, -0.2) is 11.3 Å². The molecule has 1 aliphatic heterocycles. The molecule has 0 aromatic carbocycles. The van der Waals surface area contributed by atoms with Gasteiger partial charge in [-0.05, 0) is 20.8 Å². The molecular formula is C8H15NO. The topological polar surface area (TPSA) is 21.6 Å². The molecular weight excluding hydrogens is 126 g/mol. The molecule has 58 valence electrons. The highest BCUT2D eigenvalue weighted by Crippen LogP contribution is 2.39. The van der Waals surface area contributed by atoms with Crippen LogP contribution in [0.5, 0.6) is 0 Å². The molecule has 10 heavy (non-hydrogen) atoms. The fourth-order valence-electron chi connectivity index (χ4n) is 0.846. The van der Waals surface area contributed by atoms with E-state index in [0.717, 1.165) is 5.71 Å². The third kappa shape index (κ3) is 0.746. The minimum absolute atomic E-state index is 0.0764. The maximum Gasteiger partial charge on any atom is 0.142 e. The lowest BCUT2D eigenvalue weighted by atomic mass is 9.75. The molecule has 0 spiro atoms.